The molecule has 1 aliphatic carbocycles. The minimum Gasteiger partial charge on any atom is -0.480 e. The molecule has 3 rings (SSSR count). The summed E-state index contributed by atoms with van der Waals surface area (Å²) in [6, 6.07) is 15.5. The number of carboxylic acid groups (broad SMARTS) is 1. The molecule has 0 saturated heterocycles. The molecule has 2 aromatic carbocycles. The first kappa shape index (κ1) is 13.8. The van der Waals surface area contributed by atoms with Crippen molar-refractivity contribution in [2.24, 2.45) is 0 Å². The summed E-state index contributed by atoms with van der Waals surface area (Å²) < 4.78 is 0. The van der Waals surface area contributed by atoms with Gasteiger partial charge in [0.25, 0.3) is 0 Å². The number of rotatable bonds is 1. The van der Waals surface area contributed by atoms with Gasteiger partial charge in [-0.1, -0.05) is 64.5 Å². The Hall–Kier alpha value is -1.61. The van der Waals surface area contributed by atoms with Crippen molar-refractivity contribution in [1.82, 2.24) is 0 Å². The Balaban J connectivity index is 0.000000637. The molecule has 0 aliphatic heterocycles. The maximum Gasteiger partial charge on any atom is 0.318 e. The summed E-state index contributed by atoms with van der Waals surface area (Å²) in [4.78, 5) is 11.6. The predicted molar refractivity (Wildman–Crippen MR) is 80.8 cm³/mol. The van der Waals surface area contributed by atoms with Gasteiger partial charge < -0.3 is 5.11 Å². The molecule has 1 N–H and O–H groups in total. The maximum absolute atomic E-state index is 11.6. The van der Waals surface area contributed by atoms with Crippen LogP contribution in [0.25, 0.3) is 11.1 Å². The molecule has 0 spiro atoms. The monoisotopic (exact) mass is 318 g/mol. The maximum atomic E-state index is 11.6. The quantitative estimate of drug-likeness (QED) is 0.805. The van der Waals surface area contributed by atoms with Gasteiger partial charge in [-0.3, -0.25) is 4.79 Å². The Kier molecular flexibility index (Phi) is 3.76. The highest BCUT2D eigenvalue weighted by Crippen LogP contribution is 2.48. The molecular weight excluding hydrogens is 304 g/mol. The van der Waals surface area contributed by atoms with E-state index >= 15 is 0 Å². The molecule has 0 atom stereocenters. The van der Waals surface area contributed by atoms with Gasteiger partial charge in [0.1, 0.15) is 5.41 Å². The number of carbonyl (C=O) groups is 1. The van der Waals surface area contributed by atoms with Crippen molar-refractivity contribution in [2.45, 2.75) is 12.3 Å². The fraction of sp³-hybridized carbons (Fsp3) is 0.188. The summed E-state index contributed by atoms with van der Waals surface area (Å²) in [5.74, 6) is 1.02. The molecule has 1 aliphatic rings. The minimum atomic E-state index is -0.923. The number of carboxylic acids is 1. The third-order valence-electron chi connectivity index (χ3n) is 3.65. The number of benzene rings is 2. The lowest BCUT2D eigenvalue weighted by Crippen LogP contribution is -2.31. The van der Waals surface area contributed by atoms with E-state index in [1.165, 1.54) is 0 Å². The van der Waals surface area contributed by atoms with Crippen molar-refractivity contribution in [2.75, 3.05) is 5.83 Å². The van der Waals surface area contributed by atoms with Crippen LogP contribution in [-0.4, -0.2) is 16.9 Å². The van der Waals surface area contributed by atoms with Crippen LogP contribution in [0.3, 0.4) is 0 Å². The molecule has 0 amide bonds. The number of aliphatic carboxylic acids is 1. The van der Waals surface area contributed by atoms with Crippen LogP contribution in [-0.2, 0) is 10.2 Å². The Bertz CT molecular complexity index is 574. The molecule has 0 heterocycles. The molecule has 0 fully saturated rings. The molecular formula is C16H15BrO2. The van der Waals surface area contributed by atoms with E-state index in [1.807, 2.05) is 54.4 Å². The average Bonchev–Trinajstić information content (AvgIpc) is 2.74. The van der Waals surface area contributed by atoms with E-state index < -0.39 is 11.4 Å². The fourth-order valence-electron chi connectivity index (χ4n) is 2.68. The van der Waals surface area contributed by atoms with Crippen molar-refractivity contribution in [3.63, 3.8) is 0 Å². The molecule has 19 heavy (non-hydrogen) atoms. The molecule has 3 heteroatoms. The second-order valence-corrected chi connectivity index (χ2v) is 4.52. The van der Waals surface area contributed by atoms with Crippen LogP contribution in [0.15, 0.2) is 48.5 Å². The molecule has 2 nitrogen and oxygen atoms in total. The van der Waals surface area contributed by atoms with E-state index in [9.17, 15) is 9.90 Å². The van der Waals surface area contributed by atoms with Crippen molar-refractivity contribution in [1.29, 1.82) is 0 Å². The van der Waals surface area contributed by atoms with Gasteiger partial charge in [0.2, 0.25) is 0 Å². The van der Waals surface area contributed by atoms with Gasteiger partial charge in [-0.15, -0.1) is 0 Å². The summed E-state index contributed by atoms with van der Waals surface area (Å²) >= 11 is 2.94. The van der Waals surface area contributed by atoms with Crippen LogP contribution in [0.5, 0.6) is 0 Å². The lowest BCUT2D eigenvalue weighted by Gasteiger charge is -2.21. The summed E-state index contributed by atoms with van der Waals surface area (Å²) in [5.41, 5.74) is 2.91. The lowest BCUT2D eigenvalue weighted by molar-refractivity contribution is -0.141. The van der Waals surface area contributed by atoms with Crippen molar-refractivity contribution < 1.29 is 9.90 Å². The van der Waals surface area contributed by atoms with Crippen LogP contribution < -0.4 is 0 Å². The van der Waals surface area contributed by atoms with E-state index in [1.54, 1.807) is 6.92 Å². The van der Waals surface area contributed by atoms with Gasteiger partial charge in [-0.2, -0.15) is 0 Å². The first-order chi connectivity index (χ1) is 9.15. The second-order valence-electron chi connectivity index (χ2n) is 4.52. The molecule has 0 radical (unpaired) electrons. The summed E-state index contributed by atoms with van der Waals surface area (Å²) in [5, 5.41) is 9.57. The summed E-state index contributed by atoms with van der Waals surface area (Å²) in [7, 11) is 0. The van der Waals surface area contributed by atoms with Gasteiger partial charge in [-0.05, 0) is 35.0 Å². The van der Waals surface area contributed by atoms with Crippen LogP contribution in [0.1, 0.15) is 18.1 Å². The van der Waals surface area contributed by atoms with Gasteiger partial charge >= 0.3 is 5.97 Å². The fourth-order valence-corrected chi connectivity index (χ4v) is 2.68. The molecule has 2 aromatic rings. The summed E-state index contributed by atoms with van der Waals surface area (Å²) in [6.45, 7) is 1.78. The van der Waals surface area contributed by atoms with E-state index in [0.29, 0.717) is 0 Å². The Labute approximate surface area is 121 Å². The zero-order valence-electron chi connectivity index (χ0n) is 10.9. The van der Waals surface area contributed by atoms with Crippen LogP contribution in [0.2, 0.25) is 0 Å². The van der Waals surface area contributed by atoms with E-state index in [4.69, 9.17) is 0 Å². The first-order valence-electron chi connectivity index (χ1n) is 5.96. The van der Waals surface area contributed by atoms with Gasteiger partial charge in [0, 0.05) is 0 Å². The van der Waals surface area contributed by atoms with Crippen molar-refractivity contribution in [3.05, 3.63) is 59.7 Å². The van der Waals surface area contributed by atoms with Crippen molar-refractivity contribution in [3.8, 4) is 11.1 Å². The Morgan fingerprint density at radius 3 is 1.68 bits per heavy atom. The zero-order chi connectivity index (χ0) is 14.0. The predicted octanol–water partition coefficient (Wildman–Crippen LogP) is 4.07. The largest absolute Gasteiger partial charge is 0.480 e. The number of halogens is 1. The standard InChI is InChI=1S/C15H12O2.CH3Br/c1-15(14(16)17)12-8-4-2-6-10(12)11-7-3-5-9-13(11)15;1-2/h2-9H,1H3,(H,16,17);1H3. The van der Waals surface area contributed by atoms with Gasteiger partial charge in [0.05, 0.1) is 0 Å². The van der Waals surface area contributed by atoms with E-state index in [0.717, 1.165) is 22.3 Å². The molecule has 0 aromatic heterocycles. The van der Waals surface area contributed by atoms with Crippen molar-refractivity contribution >= 4 is 21.9 Å². The smallest absolute Gasteiger partial charge is 0.318 e. The van der Waals surface area contributed by atoms with Crippen LogP contribution >= 0.6 is 15.9 Å². The number of alkyl halides is 1. The average molecular weight is 319 g/mol. The highest BCUT2D eigenvalue weighted by Gasteiger charge is 2.45. The number of hydrogen-bond donors (Lipinski definition) is 1. The van der Waals surface area contributed by atoms with E-state index in [-0.39, 0.29) is 0 Å². The molecule has 0 unspecified atom stereocenters. The SMILES string of the molecule is CBr.CC1(C(=O)O)c2ccccc2-c2ccccc21. The number of fused-ring (bicyclic) bond motifs is 3. The van der Waals surface area contributed by atoms with Crippen LogP contribution in [0, 0.1) is 0 Å². The molecule has 0 bridgehead atoms. The molecule has 98 valence electrons. The molecule has 0 saturated carbocycles. The summed E-state index contributed by atoms with van der Waals surface area (Å²) in [6.07, 6.45) is 0. The topological polar surface area (TPSA) is 37.3 Å². The van der Waals surface area contributed by atoms with Crippen LogP contribution in [0.4, 0.5) is 0 Å². The Morgan fingerprint density at radius 2 is 1.32 bits per heavy atom. The Morgan fingerprint density at radius 1 is 0.947 bits per heavy atom. The zero-order valence-corrected chi connectivity index (χ0v) is 12.4. The van der Waals surface area contributed by atoms with E-state index in [2.05, 4.69) is 15.9 Å². The lowest BCUT2D eigenvalue weighted by atomic mass is 9.80. The van der Waals surface area contributed by atoms with Gasteiger partial charge in [0.15, 0.2) is 0 Å². The third-order valence-corrected chi connectivity index (χ3v) is 3.65. The second kappa shape index (κ2) is 5.17. The first-order valence-corrected chi connectivity index (χ1v) is 7.55. The highest BCUT2D eigenvalue weighted by atomic mass is 79.9. The highest BCUT2D eigenvalue weighted by molar-refractivity contribution is 9.08. The normalized spacial score (nSPS) is 13.8. The van der Waals surface area contributed by atoms with Gasteiger partial charge in [-0.25, -0.2) is 0 Å². The number of hydrogen-bond acceptors (Lipinski definition) is 1. The minimum absolute atomic E-state index is 0.796. The third kappa shape index (κ3) is 1.89.